The third-order valence-electron chi connectivity index (χ3n) is 3.67. The molecule has 1 aromatic heterocycles. The quantitative estimate of drug-likeness (QED) is 0.890. The van der Waals surface area contributed by atoms with Crippen molar-refractivity contribution in [3.8, 4) is 0 Å². The van der Waals surface area contributed by atoms with Crippen LogP contribution >= 0.6 is 0 Å². The molecule has 0 saturated carbocycles. The van der Waals surface area contributed by atoms with Crippen LogP contribution in [-0.4, -0.2) is 30.1 Å². The average Bonchev–Trinajstić information content (AvgIpc) is 3.08. The number of carbonyl (C=O) groups is 1. The maximum atomic E-state index is 12.8. The van der Waals surface area contributed by atoms with Gasteiger partial charge in [0.15, 0.2) is 0 Å². The van der Waals surface area contributed by atoms with Crippen molar-refractivity contribution in [1.82, 2.24) is 4.98 Å². The van der Waals surface area contributed by atoms with Gasteiger partial charge in [0.25, 0.3) is 5.91 Å². The molecule has 1 aromatic carbocycles. The summed E-state index contributed by atoms with van der Waals surface area (Å²) in [6, 6.07) is 8.94. The zero-order chi connectivity index (χ0) is 16.1. The molecule has 2 N–H and O–H groups in total. The fourth-order valence-electron chi connectivity index (χ4n) is 2.40. The Balaban J connectivity index is 1.54. The van der Waals surface area contributed by atoms with Gasteiger partial charge in [0.05, 0.1) is 18.0 Å². The number of ether oxygens (including phenoxy) is 1. The molecular formula is C17H18FN3O2. The normalized spacial score (nSPS) is 17.0. The van der Waals surface area contributed by atoms with Crippen LogP contribution in [0, 0.1) is 5.82 Å². The zero-order valence-corrected chi connectivity index (χ0v) is 12.6. The van der Waals surface area contributed by atoms with Crippen LogP contribution in [0.3, 0.4) is 0 Å². The van der Waals surface area contributed by atoms with Crippen molar-refractivity contribution in [3.05, 3.63) is 54.0 Å². The van der Waals surface area contributed by atoms with E-state index in [1.54, 1.807) is 12.3 Å². The lowest BCUT2D eigenvalue weighted by atomic mass is 10.2. The minimum atomic E-state index is -0.374. The van der Waals surface area contributed by atoms with Gasteiger partial charge in [-0.25, -0.2) is 9.37 Å². The van der Waals surface area contributed by atoms with Crippen LogP contribution in [0.5, 0.6) is 0 Å². The molecule has 2 aromatic rings. The van der Waals surface area contributed by atoms with Crippen molar-refractivity contribution in [2.24, 2.45) is 0 Å². The largest absolute Gasteiger partial charge is 0.381 e. The molecule has 1 atom stereocenters. The lowest BCUT2D eigenvalue weighted by molar-refractivity contribution is 0.102. The summed E-state index contributed by atoms with van der Waals surface area (Å²) in [6.07, 6.45) is 4.10. The third kappa shape index (κ3) is 4.26. The van der Waals surface area contributed by atoms with E-state index < -0.39 is 0 Å². The van der Waals surface area contributed by atoms with Crippen molar-refractivity contribution < 1.29 is 13.9 Å². The van der Waals surface area contributed by atoms with Crippen LogP contribution in [0.4, 0.5) is 15.9 Å². The second-order valence-electron chi connectivity index (χ2n) is 5.41. The van der Waals surface area contributed by atoms with Gasteiger partial charge in [-0.05, 0) is 49.2 Å². The van der Waals surface area contributed by atoms with E-state index in [-0.39, 0.29) is 17.8 Å². The molecule has 0 bridgehead atoms. The molecule has 0 aliphatic carbocycles. The summed E-state index contributed by atoms with van der Waals surface area (Å²) in [4.78, 5) is 16.2. The van der Waals surface area contributed by atoms with Gasteiger partial charge in [-0.3, -0.25) is 4.79 Å². The summed E-state index contributed by atoms with van der Waals surface area (Å²) in [6.45, 7) is 1.59. The van der Waals surface area contributed by atoms with Crippen LogP contribution in [0.2, 0.25) is 0 Å². The van der Waals surface area contributed by atoms with Gasteiger partial charge in [0.2, 0.25) is 0 Å². The van der Waals surface area contributed by atoms with Crippen LogP contribution in [0.15, 0.2) is 42.6 Å². The Morgan fingerprint density at radius 2 is 2.09 bits per heavy atom. The SMILES string of the molecule is O=C(Nc1ccc(NCC2CCCO2)cn1)c1ccc(F)cc1. The molecule has 3 rings (SSSR count). The number of nitrogens with zero attached hydrogens (tertiary/aromatic N) is 1. The molecule has 2 heterocycles. The molecule has 1 aliphatic heterocycles. The Morgan fingerprint density at radius 1 is 1.26 bits per heavy atom. The fourth-order valence-corrected chi connectivity index (χ4v) is 2.40. The monoisotopic (exact) mass is 315 g/mol. The van der Waals surface area contributed by atoms with Gasteiger partial charge in [-0.15, -0.1) is 0 Å². The molecule has 120 valence electrons. The summed E-state index contributed by atoms with van der Waals surface area (Å²) < 4.78 is 18.4. The third-order valence-corrected chi connectivity index (χ3v) is 3.67. The summed E-state index contributed by atoms with van der Waals surface area (Å²) in [5, 5.41) is 5.94. The van der Waals surface area contributed by atoms with E-state index in [4.69, 9.17) is 4.74 Å². The minimum absolute atomic E-state index is 0.257. The predicted octanol–water partition coefficient (Wildman–Crippen LogP) is 3.06. The number of hydrogen-bond acceptors (Lipinski definition) is 4. The first kappa shape index (κ1) is 15.4. The lowest BCUT2D eigenvalue weighted by Crippen LogP contribution is -2.18. The van der Waals surface area contributed by atoms with E-state index in [0.717, 1.165) is 31.7 Å². The smallest absolute Gasteiger partial charge is 0.256 e. The van der Waals surface area contributed by atoms with Crippen LogP contribution in [0.1, 0.15) is 23.2 Å². The Bertz CT molecular complexity index is 653. The van der Waals surface area contributed by atoms with E-state index in [1.165, 1.54) is 24.3 Å². The molecule has 0 radical (unpaired) electrons. The van der Waals surface area contributed by atoms with Crippen molar-refractivity contribution in [3.63, 3.8) is 0 Å². The molecule has 5 nitrogen and oxygen atoms in total. The molecule has 1 amide bonds. The number of aromatic nitrogens is 1. The molecule has 1 fully saturated rings. The van der Waals surface area contributed by atoms with Crippen molar-refractivity contribution >= 4 is 17.4 Å². The van der Waals surface area contributed by atoms with E-state index in [0.29, 0.717) is 11.4 Å². The van der Waals surface area contributed by atoms with Crippen molar-refractivity contribution in [2.45, 2.75) is 18.9 Å². The molecular weight excluding hydrogens is 297 g/mol. The first-order valence-corrected chi connectivity index (χ1v) is 7.59. The topological polar surface area (TPSA) is 63.2 Å². The van der Waals surface area contributed by atoms with Crippen molar-refractivity contribution in [1.29, 1.82) is 0 Å². The van der Waals surface area contributed by atoms with E-state index in [9.17, 15) is 9.18 Å². The molecule has 1 saturated heterocycles. The Hall–Kier alpha value is -2.47. The molecule has 1 unspecified atom stereocenters. The molecule has 6 heteroatoms. The number of rotatable bonds is 5. The summed E-state index contributed by atoms with van der Waals surface area (Å²) in [5.74, 6) is -0.249. The number of pyridine rings is 1. The summed E-state index contributed by atoms with van der Waals surface area (Å²) in [5.41, 5.74) is 1.26. The number of halogens is 1. The van der Waals surface area contributed by atoms with E-state index in [2.05, 4.69) is 15.6 Å². The summed E-state index contributed by atoms with van der Waals surface area (Å²) in [7, 11) is 0. The number of benzene rings is 1. The zero-order valence-electron chi connectivity index (χ0n) is 12.6. The molecule has 0 spiro atoms. The number of amides is 1. The number of nitrogens with one attached hydrogen (secondary N) is 2. The summed E-state index contributed by atoms with van der Waals surface area (Å²) >= 11 is 0. The second kappa shape index (κ2) is 7.19. The highest BCUT2D eigenvalue weighted by Gasteiger charge is 2.14. The molecule has 23 heavy (non-hydrogen) atoms. The first-order valence-electron chi connectivity index (χ1n) is 7.59. The van der Waals surface area contributed by atoms with E-state index in [1.807, 2.05) is 6.07 Å². The second-order valence-corrected chi connectivity index (χ2v) is 5.41. The highest BCUT2D eigenvalue weighted by molar-refractivity contribution is 6.03. The number of hydrogen-bond donors (Lipinski definition) is 2. The maximum Gasteiger partial charge on any atom is 0.256 e. The Labute approximate surface area is 133 Å². The van der Waals surface area contributed by atoms with Gasteiger partial charge in [0.1, 0.15) is 11.6 Å². The predicted molar refractivity (Wildman–Crippen MR) is 86.1 cm³/mol. The van der Waals surface area contributed by atoms with Gasteiger partial charge in [0, 0.05) is 18.7 Å². The Morgan fingerprint density at radius 3 is 2.74 bits per heavy atom. The maximum absolute atomic E-state index is 12.8. The highest BCUT2D eigenvalue weighted by atomic mass is 19.1. The van der Waals surface area contributed by atoms with Crippen molar-refractivity contribution in [2.75, 3.05) is 23.8 Å². The van der Waals surface area contributed by atoms with Gasteiger partial charge < -0.3 is 15.4 Å². The standard InChI is InChI=1S/C17H18FN3O2/c18-13-5-3-12(4-6-13)17(22)21-16-8-7-14(10-20-16)19-11-15-2-1-9-23-15/h3-8,10,15,19H,1-2,9,11H2,(H,20,21,22). The minimum Gasteiger partial charge on any atom is -0.381 e. The lowest BCUT2D eigenvalue weighted by Gasteiger charge is -2.12. The van der Waals surface area contributed by atoms with Gasteiger partial charge in [-0.2, -0.15) is 0 Å². The van der Waals surface area contributed by atoms with E-state index >= 15 is 0 Å². The van der Waals surface area contributed by atoms with Crippen LogP contribution < -0.4 is 10.6 Å². The first-order chi connectivity index (χ1) is 11.2. The fraction of sp³-hybridized carbons (Fsp3) is 0.294. The van der Waals surface area contributed by atoms with Crippen LogP contribution in [0.25, 0.3) is 0 Å². The Kier molecular flexibility index (Phi) is 4.83. The van der Waals surface area contributed by atoms with Gasteiger partial charge >= 0.3 is 0 Å². The average molecular weight is 315 g/mol. The highest BCUT2D eigenvalue weighted by Crippen LogP contribution is 2.15. The number of anilines is 2. The van der Waals surface area contributed by atoms with Crippen LogP contribution in [-0.2, 0) is 4.74 Å². The molecule has 1 aliphatic rings. The van der Waals surface area contributed by atoms with Gasteiger partial charge in [-0.1, -0.05) is 0 Å². The number of carbonyl (C=O) groups excluding carboxylic acids is 1.